The summed E-state index contributed by atoms with van der Waals surface area (Å²) in [5.74, 6) is 0. The minimum atomic E-state index is -0.270. The lowest BCUT2D eigenvalue weighted by atomic mass is 10.0. The van der Waals surface area contributed by atoms with E-state index in [1.807, 2.05) is 0 Å². The van der Waals surface area contributed by atoms with Gasteiger partial charge in [-0.1, -0.05) is 24.3 Å². The van der Waals surface area contributed by atoms with Crippen LogP contribution in [0.2, 0.25) is 0 Å². The molecule has 0 saturated carbocycles. The summed E-state index contributed by atoms with van der Waals surface area (Å²) >= 11 is 0. The third-order valence-electron chi connectivity index (χ3n) is 2.48. The Morgan fingerprint density at radius 2 is 1.53 bits per heavy atom. The molecule has 1 N–H and O–H groups in total. The van der Waals surface area contributed by atoms with Gasteiger partial charge in [-0.3, -0.25) is 0 Å². The van der Waals surface area contributed by atoms with Gasteiger partial charge in [-0.15, -0.1) is 0 Å². The Hall–Kier alpha value is -0.860. The molecule has 0 aliphatic heterocycles. The van der Waals surface area contributed by atoms with Crippen LogP contribution in [-0.2, 0) is 17.6 Å². The minimum absolute atomic E-state index is 0.257. The number of methoxy groups -OCH3 is 1. The highest BCUT2D eigenvalue weighted by Crippen LogP contribution is 2.09. The number of rotatable bonds is 5. The molecule has 2 heteroatoms. The topological polar surface area (TPSA) is 29.5 Å². The van der Waals surface area contributed by atoms with Crippen molar-refractivity contribution in [3.63, 3.8) is 0 Å². The van der Waals surface area contributed by atoms with Crippen LogP contribution in [0.5, 0.6) is 0 Å². The van der Waals surface area contributed by atoms with Gasteiger partial charge in [0.05, 0.1) is 12.2 Å². The van der Waals surface area contributed by atoms with E-state index in [1.165, 1.54) is 11.1 Å². The maximum atomic E-state index is 9.24. The van der Waals surface area contributed by atoms with E-state index in [-0.39, 0.29) is 12.2 Å². The van der Waals surface area contributed by atoms with Crippen LogP contribution in [0.25, 0.3) is 0 Å². The van der Waals surface area contributed by atoms with Crippen molar-refractivity contribution in [1.82, 2.24) is 0 Å². The van der Waals surface area contributed by atoms with Crippen molar-refractivity contribution in [3.8, 4) is 0 Å². The Kier molecular flexibility index (Phi) is 4.79. The Balaban J connectivity index is 2.56. The molecular weight excluding hydrogens is 188 g/mol. The third kappa shape index (κ3) is 4.45. The second-order valence-corrected chi connectivity index (χ2v) is 4.12. The number of hydrogen-bond donors (Lipinski definition) is 1. The lowest BCUT2D eigenvalue weighted by molar-refractivity contribution is 0.119. The highest BCUT2D eigenvalue weighted by Gasteiger charge is 2.02. The molecule has 0 amide bonds. The smallest absolute Gasteiger partial charge is 0.0583 e. The molecule has 0 saturated heterocycles. The Morgan fingerprint density at radius 3 is 1.93 bits per heavy atom. The quantitative estimate of drug-likeness (QED) is 0.803. The fourth-order valence-electron chi connectivity index (χ4n) is 1.57. The van der Waals surface area contributed by atoms with E-state index in [0.717, 1.165) is 12.8 Å². The fraction of sp³-hybridized carbons (Fsp3) is 0.538. The second kappa shape index (κ2) is 5.89. The molecule has 84 valence electrons. The number of aliphatic hydroxyl groups is 1. The van der Waals surface area contributed by atoms with Gasteiger partial charge < -0.3 is 9.84 Å². The molecule has 2 nitrogen and oxygen atoms in total. The molecule has 0 aliphatic carbocycles. The molecule has 0 aliphatic rings. The molecule has 15 heavy (non-hydrogen) atoms. The summed E-state index contributed by atoms with van der Waals surface area (Å²) in [7, 11) is 1.73. The van der Waals surface area contributed by atoms with Gasteiger partial charge in [-0.05, 0) is 37.8 Å². The van der Waals surface area contributed by atoms with Crippen molar-refractivity contribution in [2.45, 2.75) is 38.9 Å². The van der Waals surface area contributed by atoms with Gasteiger partial charge in [0.25, 0.3) is 0 Å². The predicted molar refractivity (Wildman–Crippen MR) is 62.0 cm³/mol. The zero-order chi connectivity index (χ0) is 11.3. The van der Waals surface area contributed by atoms with Gasteiger partial charge in [0.1, 0.15) is 0 Å². The summed E-state index contributed by atoms with van der Waals surface area (Å²) < 4.78 is 5.21. The van der Waals surface area contributed by atoms with E-state index < -0.39 is 0 Å². The molecule has 1 aromatic carbocycles. The van der Waals surface area contributed by atoms with Gasteiger partial charge in [0, 0.05) is 7.11 Å². The molecule has 0 fully saturated rings. The van der Waals surface area contributed by atoms with Crippen LogP contribution in [0.15, 0.2) is 24.3 Å². The lowest BCUT2D eigenvalue weighted by Gasteiger charge is -2.10. The summed E-state index contributed by atoms with van der Waals surface area (Å²) in [5.41, 5.74) is 2.46. The zero-order valence-corrected chi connectivity index (χ0v) is 9.73. The number of ether oxygens (including phenoxy) is 1. The molecule has 1 rings (SSSR count). The normalized spacial score (nSPS) is 14.9. The maximum Gasteiger partial charge on any atom is 0.0583 e. The zero-order valence-electron chi connectivity index (χ0n) is 9.73. The maximum absolute atomic E-state index is 9.24. The van der Waals surface area contributed by atoms with Gasteiger partial charge in [0.2, 0.25) is 0 Å². The van der Waals surface area contributed by atoms with Gasteiger partial charge in [0.15, 0.2) is 0 Å². The standard InChI is InChI=1S/C13H20O2/c1-10(14)8-12-4-6-13(7-5-12)9-11(2)15-3/h4-7,10-11,14H,8-9H2,1-3H3. The highest BCUT2D eigenvalue weighted by molar-refractivity contribution is 5.23. The van der Waals surface area contributed by atoms with E-state index in [4.69, 9.17) is 4.74 Å². The first-order chi connectivity index (χ1) is 7.11. The first kappa shape index (κ1) is 12.2. The average molecular weight is 208 g/mol. The van der Waals surface area contributed by atoms with Crippen molar-refractivity contribution in [2.24, 2.45) is 0 Å². The molecule has 2 atom stereocenters. The third-order valence-corrected chi connectivity index (χ3v) is 2.48. The Bertz CT molecular complexity index is 277. The summed E-state index contributed by atoms with van der Waals surface area (Å²) in [5, 5.41) is 9.24. The van der Waals surface area contributed by atoms with E-state index in [9.17, 15) is 5.11 Å². The molecule has 0 radical (unpaired) electrons. The molecule has 2 unspecified atom stereocenters. The van der Waals surface area contributed by atoms with E-state index in [1.54, 1.807) is 14.0 Å². The molecule has 0 aromatic heterocycles. The Morgan fingerprint density at radius 1 is 1.07 bits per heavy atom. The first-order valence-corrected chi connectivity index (χ1v) is 5.40. The average Bonchev–Trinajstić information content (AvgIpc) is 2.20. The van der Waals surface area contributed by atoms with Gasteiger partial charge in [-0.25, -0.2) is 0 Å². The molecule has 0 spiro atoms. The van der Waals surface area contributed by atoms with Crippen molar-refractivity contribution in [2.75, 3.05) is 7.11 Å². The van der Waals surface area contributed by atoms with E-state index >= 15 is 0 Å². The summed E-state index contributed by atoms with van der Waals surface area (Å²) in [6.45, 7) is 3.87. The first-order valence-electron chi connectivity index (χ1n) is 5.40. The van der Waals surface area contributed by atoms with Crippen molar-refractivity contribution in [3.05, 3.63) is 35.4 Å². The van der Waals surface area contributed by atoms with Crippen LogP contribution in [0, 0.1) is 0 Å². The number of hydrogen-bond acceptors (Lipinski definition) is 2. The molecule has 0 bridgehead atoms. The Labute approximate surface area is 91.9 Å². The number of aliphatic hydroxyl groups excluding tert-OH is 1. The van der Waals surface area contributed by atoms with Crippen molar-refractivity contribution < 1.29 is 9.84 Å². The monoisotopic (exact) mass is 208 g/mol. The van der Waals surface area contributed by atoms with Crippen LogP contribution in [0.3, 0.4) is 0 Å². The van der Waals surface area contributed by atoms with Gasteiger partial charge in [-0.2, -0.15) is 0 Å². The molecule has 1 aromatic rings. The minimum Gasteiger partial charge on any atom is -0.393 e. The second-order valence-electron chi connectivity index (χ2n) is 4.12. The van der Waals surface area contributed by atoms with Crippen LogP contribution in [0.4, 0.5) is 0 Å². The highest BCUT2D eigenvalue weighted by atomic mass is 16.5. The van der Waals surface area contributed by atoms with E-state index in [2.05, 4.69) is 31.2 Å². The van der Waals surface area contributed by atoms with Crippen molar-refractivity contribution >= 4 is 0 Å². The summed E-state index contributed by atoms with van der Waals surface area (Å²) in [4.78, 5) is 0. The predicted octanol–water partition coefficient (Wildman–Crippen LogP) is 2.19. The lowest BCUT2D eigenvalue weighted by Crippen LogP contribution is -2.09. The van der Waals surface area contributed by atoms with Gasteiger partial charge >= 0.3 is 0 Å². The SMILES string of the molecule is COC(C)Cc1ccc(CC(C)O)cc1. The fourth-order valence-corrected chi connectivity index (χ4v) is 1.57. The molecular formula is C13H20O2. The van der Waals surface area contributed by atoms with Crippen LogP contribution >= 0.6 is 0 Å². The summed E-state index contributed by atoms with van der Waals surface area (Å²) in [6.07, 6.45) is 1.65. The van der Waals surface area contributed by atoms with Crippen LogP contribution < -0.4 is 0 Å². The number of benzene rings is 1. The van der Waals surface area contributed by atoms with Crippen molar-refractivity contribution in [1.29, 1.82) is 0 Å². The largest absolute Gasteiger partial charge is 0.393 e. The van der Waals surface area contributed by atoms with Crippen LogP contribution in [-0.4, -0.2) is 24.4 Å². The molecule has 0 heterocycles. The van der Waals surface area contributed by atoms with E-state index in [0.29, 0.717) is 0 Å². The summed E-state index contributed by atoms with van der Waals surface area (Å²) in [6, 6.07) is 8.36. The van der Waals surface area contributed by atoms with Crippen LogP contribution in [0.1, 0.15) is 25.0 Å².